The van der Waals surface area contributed by atoms with Crippen molar-refractivity contribution in [2.45, 2.75) is 26.2 Å². The van der Waals surface area contributed by atoms with Crippen LogP contribution >= 0.6 is 35.3 Å². The van der Waals surface area contributed by atoms with Crippen molar-refractivity contribution >= 4 is 52.1 Å². The fourth-order valence-electron chi connectivity index (χ4n) is 3.10. The van der Waals surface area contributed by atoms with Gasteiger partial charge in [-0.3, -0.25) is 4.99 Å². The highest BCUT2D eigenvalue weighted by molar-refractivity contribution is 14.0. The first kappa shape index (κ1) is 23.5. The van der Waals surface area contributed by atoms with Gasteiger partial charge in [-0.25, -0.2) is 4.98 Å². The lowest BCUT2D eigenvalue weighted by atomic mass is 10.2. The number of methoxy groups -OCH3 is 2. The van der Waals surface area contributed by atoms with E-state index in [1.165, 1.54) is 12.8 Å². The predicted molar refractivity (Wildman–Crippen MR) is 132 cm³/mol. The normalized spacial score (nSPS) is 13.8. The number of ether oxygens (including phenoxy) is 2. The smallest absolute Gasteiger partial charge is 0.195 e. The molecule has 2 aromatic rings. The van der Waals surface area contributed by atoms with Crippen molar-refractivity contribution < 1.29 is 9.47 Å². The quantitative estimate of drug-likeness (QED) is 0.305. The van der Waals surface area contributed by atoms with E-state index in [0.29, 0.717) is 18.0 Å². The van der Waals surface area contributed by atoms with E-state index in [9.17, 15) is 0 Å². The number of thiazole rings is 1. The minimum Gasteiger partial charge on any atom is -0.493 e. The van der Waals surface area contributed by atoms with Gasteiger partial charge in [0, 0.05) is 49.7 Å². The average Bonchev–Trinajstić information content (AvgIpc) is 3.40. The molecule has 2 N–H and O–H groups in total. The summed E-state index contributed by atoms with van der Waals surface area (Å²) >= 11 is 1.74. The van der Waals surface area contributed by atoms with Crippen LogP contribution in [0, 0.1) is 0 Å². The largest absolute Gasteiger partial charge is 0.493 e. The molecule has 1 fully saturated rings. The number of nitrogens with zero attached hydrogens (tertiary/aromatic N) is 3. The highest BCUT2D eigenvalue weighted by atomic mass is 127. The molecule has 29 heavy (non-hydrogen) atoms. The van der Waals surface area contributed by atoms with Gasteiger partial charge in [0.25, 0.3) is 0 Å². The molecule has 3 rings (SSSR count). The van der Waals surface area contributed by atoms with E-state index >= 15 is 0 Å². The maximum atomic E-state index is 5.37. The molecule has 0 spiro atoms. The van der Waals surface area contributed by atoms with Gasteiger partial charge in [-0.2, -0.15) is 0 Å². The van der Waals surface area contributed by atoms with Gasteiger partial charge in [-0.05, 0) is 31.9 Å². The third-order valence-electron chi connectivity index (χ3n) is 4.54. The van der Waals surface area contributed by atoms with Crippen LogP contribution in [0.2, 0.25) is 0 Å². The molecule has 2 heterocycles. The van der Waals surface area contributed by atoms with Crippen molar-refractivity contribution in [1.29, 1.82) is 0 Å². The monoisotopic (exact) mass is 531 g/mol. The molecule has 0 amide bonds. The molecule has 9 heteroatoms. The summed E-state index contributed by atoms with van der Waals surface area (Å²) < 4.78 is 10.7. The Labute approximate surface area is 193 Å². The first-order valence-electron chi connectivity index (χ1n) is 9.70. The summed E-state index contributed by atoms with van der Waals surface area (Å²) in [5, 5.41) is 9.89. The summed E-state index contributed by atoms with van der Waals surface area (Å²) in [7, 11) is 3.26. The van der Waals surface area contributed by atoms with E-state index in [1.807, 2.05) is 18.2 Å². The Balaban J connectivity index is 0.00000300. The molecule has 1 aliphatic rings. The van der Waals surface area contributed by atoms with Crippen molar-refractivity contribution in [2.24, 2.45) is 4.99 Å². The molecule has 0 unspecified atom stereocenters. The summed E-state index contributed by atoms with van der Waals surface area (Å²) in [6.45, 7) is 5.77. The van der Waals surface area contributed by atoms with E-state index < -0.39 is 0 Å². The highest BCUT2D eigenvalue weighted by Gasteiger charge is 2.15. The summed E-state index contributed by atoms with van der Waals surface area (Å²) in [6, 6.07) is 5.71. The third kappa shape index (κ3) is 6.63. The van der Waals surface area contributed by atoms with Crippen LogP contribution in [0.25, 0.3) is 0 Å². The molecule has 1 saturated heterocycles. The predicted octanol–water partition coefficient (Wildman–Crippen LogP) is 4.00. The van der Waals surface area contributed by atoms with Crippen LogP contribution in [-0.4, -0.2) is 51.3 Å². The van der Waals surface area contributed by atoms with Crippen molar-refractivity contribution in [3.63, 3.8) is 0 Å². The second kappa shape index (κ2) is 12.1. The van der Waals surface area contributed by atoms with Crippen molar-refractivity contribution in [3.8, 4) is 11.5 Å². The molecule has 1 aliphatic heterocycles. The van der Waals surface area contributed by atoms with Gasteiger partial charge in [0.05, 0.1) is 19.9 Å². The van der Waals surface area contributed by atoms with Crippen LogP contribution in [0.15, 0.2) is 28.6 Å². The Bertz CT molecular complexity index is 793. The highest BCUT2D eigenvalue weighted by Crippen LogP contribution is 2.29. The van der Waals surface area contributed by atoms with E-state index in [1.54, 1.807) is 25.6 Å². The first-order chi connectivity index (χ1) is 13.7. The van der Waals surface area contributed by atoms with Gasteiger partial charge >= 0.3 is 0 Å². The second-order valence-electron chi connectivity index (χ2n) is 6.52. The van der Waals surface area contributed by atoms with Crippen LogP contribution in [0.5, 0.6) is 11.5 Å². The standard InChI is InChI=1S/C20H29N5O2S.HI/c1-4-21-19(23-15-7-8-17(26-2)18(13-15)27-3)22-10-9-16-14-28-20(24-16)25-11-5-6-12-25;/h7-8,13-14H,4-6,9-12H2,1-3H3,(H2,21,22,23);1H. The Kier molecular flexibility index (Phi) is 9.79. The average molecular weight is 531 g/mol. The zero-order valence-electron chi connectivity index (χ0n) is 17.2. The number of anilines is 2. The van der Waals surface area contributed by atoms with Gasteiger partial charge in [0.2, 0.25) is 0 Å². The number of hydrogen-bond acceptors (Lipinski definition) is 6. The van der Waals surface area contributed by atoms with Gasteiger partial charge in [0.1, 0.15) is 0 Å². The number of guanidine groups is 1. The van der Waals surface area contributed by atoms with Gasteiger partial charge in [0.15, 0.2) is 22.6 Å². The Morgan fingerprint density at radius 3 is 2.66 bits per heavy atom. The maximum absolute atomic E-state index is 5.37. The summed E-state index contributed by atoms with van der Waals surface area (Å²) in [5.74, 6) is 2.12. The minimum absolute atomic E-state index is 0. The third-order valence-corrected chi connectivity index (χ3v) is 5.49. The molecule has 0 bridgehead atoms. The zero-order valence-corrected chi connectivity index (χ0v) is 20.4. The van der Waals surface area contributed by atoms with Gasteiger partial charge in [-0.1, -0.05) is 0 Å². The zero-order chi connectivity index (χ0) is 19.8. The Morgan fingerprint density at radius 1 is 1.21 bits per heavy atom. The fourth-order valence-corrected chi connectivity index (χ4v) is 4.02. The Morgan fingerprint density at radius 2 is 1.97 bits per heavy atom. The Hall–Kier alpha value is -1.75. The lowest BCUT2D eigenvalue weighted by molar-refractivity contribution is 0.355. The van der Waals surface area contributed by atoms with Crippen LogP contribution in [-0.2, 0) is 6.42 Å². The van der Waals surface area contributed by atoms with Crippen LogP contribution in [0.4, 0.5) is 10.8 Å². The molecular formula is C20H30IN5O2S. The molecule has 1 aromatic heterocycles. The van der Waals surface area contributed by atoms with E-state index in [4.69, 9.17) is 14.5 Å². The van der Waals surface area contributed by atoms with Crippen molar-refractivity contribution in [2.75, 3.05) is 50.6 Å². The lowest BCUT2D eigenvalue weighted by Gasteiger charge is -2.13. The van der Waals surface area contributed by atoms with E-state index in [0.717, 1.165) is 48.5 Å². The summed E-state index contributed by atoms with van der Waals surface area (Å²) in [5.41, 5.74) is 2.00. The van der Waals surface area contributed by atoms with Gasteiger partial charge < -0.3 is 25.0 Å². The minimum atomic E-state index is 0. The maximum Gasteiger partial charge on any atom is 0.195 e. The molecule has 0 saturated carbocycles. The van der Waals surface area contributed by atoms with Gasteiger partial charge in [-0.15, -0.1) is 35.3 Å². The number of aliphatic imine (C=N–C) groups is 1. The molecule has 7 nitrogen and oxygen atoms in total. The van der Waals surface area contributed by atoms with Crippen LogP contribution < -0.4 is 25.0 Å². The molecule has 160 valence electrons. The summed E-state index contributed by atoms with van der Waals surface area (Å²) in [6.07, 6.45) is 3.37. The van der Waals surface area contributed by atoms with E-state index in [2.05, 4.69) is 32.8 Å². The molecule has 0 radical (unpaired) electrons. The number of benzene rings is 1. The topological polar surface area (TPSA) is 71.0 Å². The van der Waals surface area contributed by atoms with Crippen molar-refractivity contribution in [1.82, 2.24) is 10.3 Å². The second-order valence-corrected chi connectivity index (χ2v) is 7.36. The number of halogens is 1. The van der Waals surface area contributed by atoms with E-state index in [-0.39, 0.29) is 24.0 Å². The van der Waals surface area contributed by atoms with Crippen molar-refractivity contribution in [3.05, 3.63) is 29.3 Å². The number of aromatic nitrogens is 1. The van der Waals surface area contributed by atoms with Crippen LogP contribution in [0.3, 0.4) is 0 Å². The number of rotatable bonds is 8. The SMILES string of the molecule is CCNC(=NCCc1csc(N2CCCC2)n1)Nc1ccc(OC)c(OC)c1.I. The lowest BCUT2D eigenvalue weighted by Crippen LogP contribution is -2.30. The number of nitrogens with one attached hydrogen (secondary N) is 2. The first-order valence-corrected chi connectivity index (χ1v) is 10.6. The van der Waals surface area contributed by atoms with Crippen LogP contribution in [0.1, 0.15) is 25.5 Å². The summed E-state index contributed by atoms with van der Waals surface area (Å²) in [4.78, 5) is 11.8. The number of hydrogen-bond donors (Lipinski definition) is 2. The fraction of sp³-hybridized carbons (Fsp3) is 0.500. The molecule has 0 aliphatic carbocycles. The molecular weight excluding hydrogens is 501 g/mol. The molecule has 1 aromatic carbocycles. The molecule has 0 atom stereocenters.